The second-order valence-electron chi connectivity index (χ2n) is 5.68. The van der Waals surface area contributed by atoms with Gasteiger partial charge in [-0.05, 0) is 41.5 Å². The van der Waals surface area contributed by atoms with Crippen LogP contribution in [0.1, 0.15) is 5.56 Å². The Morgan fingerprint density at radius 2 is 1.77 bits per heavy atom. The van der Waals surface area contributed by atoms with Crippen LogP contribution in [0.15, 0.2) is 78.0 Å². The maximum absolute atomic E-state index is 13.0. The van der Waals surface area contributed by atoms with Gasteiger partial charge in [0.2, 0.25) is 5.95 Å². The minimum absolute atomic E-state index is 0.256. The van der Waals surface area contributed by atoms with Gasteiger partial charge in [0.25, 0.3) is 0 Å². The van der Waals surface area contributed by atoms with Crippen molar-refractivity contribution >= 4 is 5.95 Å². The number of pyridine rings is 1. The quantitative estimate of drug-likeness (QED) is 0.574. The Labute approximate surface area is 149 Å². The molecule has 0 spiro atoms. The normalized spacial score (nSPS) is 10.7. The fourth-order valence-electron chi connectivity index (χ4n) is 2.61. The van der Waals surface area contributed by atoms with Crippen LogP contribution in [0.2, 0.25) is 0 Å². The van der Waals surface area contributed by atoms with E-state index in [1.54, 1.807) is 43.2 Å². The first-order chi connectivity index (χ1) is 12.8. The van der Waals surface area contributed by atoms with Gasteiger partial charge in [0.05, 0.1) is 18.2 Å². The largest absolute Gasteiger partial charge is 0.472 e. The molecule has 0 unspecified atom stereocenters. The standard InChI is InChI=1S/C20H15FN4O/c21-17-3-1-14(2-4-17)11-23-20-24-12-18(15-5-8-22-9-6-15)19(25-20)16-7-10-26-13-16/h1-10,12-13H,11H2,(H,23,24,25). The highest BCUT2D eigenvalue weighted by atomic mass is 19.1. The first-order valence-electron chi connectivity index (χ1n) is 8.08. The second kappa shape index (κ2) is 7.14. The highest BCUT2D eigenvalue weighted by molar-refractivity contribution is 5.80. The third-order valence-electron chi connectivity index (χ3n) is 3.94. The number of furan rings is 1. The molecule has 0 radical (unpaired) electrons. The molecule has 0 saturated heterocycles. The van der Waals surface area contributed by atoms with Crippen LogP contribution in [-0.2, 0) is 6.54 Å². The first kappa shape index (κ1) is 16.0. The van der Waals surface area contributed by atoms with Crippen LogP contribution in [-0.4, -0.2) is 15.0 Å². The monoisotopic (exact) mass is 346 g/mol. The maximum atomic E-state index is 13.0. The third-order valence-corrected chi connectivity index (χ3v) is 3.94. The van der Waals surface area contributed by atoms with Gasteiger partial charge in [-0.15, -0.1) is 0 Å². The molecule has 3 aromatic heterocycles. The summed E-state index contributed by atoms with van der Waals surface area (Å²) < 4.78 is 18.2. The molecule has 4 aromatic rings. The Balaban J connectivity index is 1.65. The van der Waals surface area contributed by atoms with Gasteiger partial charge in [0.15, 0.2) is 0 Å². The zero-order valence-electron chi connectivity index (χ0n) is 13.8. The van der Waals surface area contributed by atoms with Gasteiger partial charge >= 0.3 is 0 Å². The fourth-order valence-corrected chi connectivity index (χ4v) is 2.61. The van der Waals surface area contributed by atoms with E-state index < -0.39 is 0 Å². The Morgan fingerprint density at radius 1 is 0.962 bits per heavy atom. The Bertz CT molecular complexity index is 986. The topological polar surface area (TPSA) is 63.8 Å². The van der Waals surface area contributed by atoms with E-state index in [0.717, 1.165) is 27.9 Å². The Morgan fingerprint density at radius 3 is 2.50 bits per heavy atom. The number of hydrogen-bond donors (Lipinski definition) is 1. The number of aromatic nitrogens is 3. The lowest BCUT2D eigenvalue weighted by molar-refractivity contribution is 0.568. The van der Waals surface area contributed by atoms with Gasteiger partial charge < -0.3 is 9.73 Å². The maximum Gasteiger partial charge on any atom is 0.223 e. The van der Waals surface area contributed by atoms with Crippen molar-refractivity contribution in [3.63, 3.8) is 0 Å². The number of halogens is 1. The van der Waals surface area contributed by atoms with Crippen LogP contribution in [0.5, 0.6) is 0 Å². The summed E-state index contributed by atoms with van der Waals surface area (Å²) in [6.45, 7) is 0.500. The summed E-state index contributed by atoms with van der Waals surface area (Å²) in [5.74, 6) is 0.234. The summed E-state index contributed by atoms with van der Waals surface area (Å²) >= 11 is 0. The van der Waals surface area contributed by atoms with Crippen molar-refractivity contribution in [2.24, 2.45) is 0 Å². The minimum atomic E-state index is -0.256. The highest BCUT2D eigenvalue weighted by Crippen LogP contribution is 2.30. The van der Waals surface area contributed by atoms with E-state index in [9.17, 15) is 4.39 Å². The van der Waals surface area contributed by atoms with Crippen molar-refractivity contribution in [1.29, 1.82) is 0 Å². The summed E-state index contributed by atoms with van der Waals surface area (Å²) in [4.78, 5) is 13.1. The average molecular weight is 346 g/mol. The molecule has 1 aromatic carbocycles. The molecule has 0 bridgehead atoms. The van der Waals surface area contributed by atoms with Crippen LogP contribution in [0.3, 0.4) is 0 Å². The lowest BCUT2D eigenvalue weighted by atomic mass is 10.0. The van der Waals surface area contributed by atoms with Crippen molar-refractivity contribution in [1.82, 2.24) is 15.0 Å². The molecule has 0 aliphatic heterocycles. The van der Waals surface area contributed by atoms with Crippen molar-refractivity contribution in [2.45, 2.75) is 6.54 Å². The van der Waals surface area contributed by atoms with E-state index in [-0.39, 0.29) is 5.82 Å². The number of benzene rings is 1. The molecule has 0 aliphatic carbocycles. The Kier molecular flexibility index (Phi) is 4.38. The molecule has 0 saturated carbocycles. The Hall–Kier alpha value is -3.54. The predicted molar refractivity (Wildman–Crippen MR) is 96.7 cm³/mol. The number of nitrogens with zero attached hydrogens (tertiary/aromatic N) is 3. The summed E-state index contributed by atoms with van der Waals surface area (Å²) in [5, 5.41) is 3.17. The van der Waals surface area contributed by atoms with Crippen LogP contribution >= 0.6 is 0 Å². The van der Waals surface area contributed by atoms with Crippen molar-refractivity contribution in [3.8, 4) is 22.4 Å². The van der Waals surface area contributed by atoms with E-state index >= 15 is 0 Å². The minimum Gasteiger partial charge on any atom is -0.472 e. The molecule has 26 heavy (non-hydrogen) atoms. The van der Waals surface area contributed by atoms with Gasteiger partial charge in [-0.25, -0.2) is 14.4 Å². The molecule has 128 valence electrons. The zero-order valence-corrected chi connectivity index (χ0v) is 13.8. The number of anilines is 1. The van der Waals surface area contributed by atoms with Crippen molar-refractivity contribution in [2.75, 3.05) is 5.32 Å². The summed E-state index contributed by atoms with van der Waals surface area (Å²) in [6, 6.07) is 12.0. The highest BCUT2D eigenvalue weighted by Gasteiger charge is 2.12. The molecule has 0 aliphatic rings. The van der Waals surface area contributed by atoms with Crippen molar-refractivity contribution < 1.29 is 8.81 Å². The third kappa shape index (κ3) is 3.44. The number of rotatable bonds is 5. The van der Waals surface area contributed by atoms with Crippen LogP contribution in [0.4, 0.5) is 10.3 Å². The SMILES string of the molecule is Fc1ccc(CNc2ncc(-c3ccncc3)c(-c3ccoc3)n2)cc1. The molecular formula is C20H15FN4O. The molecule has 5 nitrogen and oxygen atoms in total. The fraction of sp³-hybridized carbons (Fsp3) is 0.0500. The molecule has 0 fully saturated rings. The van der Waals surface area contributed by atoms with E-state index in [1.165, 1.54) is 12.1 Å². The van der Waals surface area contributed by atoms with Gasteiger partial charge in [-0.1, -0.05) is 12.1 Å². The number of hydrogen-bond acceptors (Lipinski definition) is 5. The van der Waals surface area contributed by atoms with E-state index in [1.807, 2.05) is 18.2 Å². The lowest BCUT2D eigenvalue weighted by Crippen LogP contribution is -2.05. The van der Waals surface area contributed by atoms with Crippen molar-refractivity contribution in [3.05, 3.63) is 85.0 Å². The zero-order chi connectivity index (χ0) is 17.8. The first-order valence-corrected chi connectivity index (χ1v) is 8.08. The number of nitrogens with one attached hydrogen (secondary N) is 1. The van der Waals surface area contributed by atoms with Crippen LogP contribution in [0, 0.1) is 5.82 Å². The van der Waals surface area contributed by atoms with Gasteiger partial charge in [-0.2, -0.15) is 0 Å². The second-order valence-corrected chi connectivity index (χ2v) is 5.68. The van der Waals surface area contributed by atoms with E-state index in [0.29, 0.717) is 12.5 Å². The predicted octanol–water partition coefficient (Wildman–Crippen LogP) is 4.55. The van der Waals surface area contributed by atoms with E-state index in [4.69, 9.17) is 4.42 Å². The summed E-state index contributed by atoms with van der Waals surface area (Å²) in [7, 11) is 0. The van der Waals surface area contributed by atoms with Gasteiger partial charge in [0.1, 0.15) is 5.82 Å². The molecule has 0 atom stereocenters. The smallest absolute Gasteiger partial charge is 0.223 e. The van der Waals surface area contributed by atoms with Gasteiger partial charge in [0, 0.05) is 36.3 Å². The molecular weight excluding hydrogens is 331 g/mol. The lowest BCUT2D eigenvalue weighted by Gasteiger charge is -2.10. The molecule has 6 heteroatoms. The van der Waals surface area contributed by atoms with Crippen LogP contribution in [0.25, 0.3) is 22.4 Å². The van der Waals surface area contributed by atoms with Crippen LogP contribution < -0.4 is 5.32 Å². The molecule has 1 N–H and O–H groups in total. The van der Waals surface area contributed by atoms with E-state index in [2.05, 4.69) is 20.3 Å². The molecule has 3 heterocycles. The summed E-state index contributed by atoms with van der Waals surface area (Å²) in [5.41, 5.74) is 4.44. The molecule has 0 amide bonds. The average Bonchev–Trinajstić information content (AvgIpc) is 3.23. The summed E-state index contributed by atoms with van der Waals surface area (Å²) in [6.07, 6.45) is 8.50. The molecule has 4 rings (SSSR count). The van der Waals surface area contributed by atoms with Gasteiger partial charge in [-0.3, -0.25) is 4.98 Å².